The highest BCUT2D eigenvalue weighted by Gasteiger charge is 2.16. The van der Waals surface area contributed by atoms with Crippen molar-refractivity contribution in [2.45, 2.75) is 0 Å². The number of furan rings is 1. The number of benzene rings is 2. The largest absolute Gasteiger partial charge is 0.463 e. The van der Waals surface area contributed by atoms with Crippen molar-refractivity contribution in [1.82, 2.24) is 15.8 Å². The minimum Gasteiger partial charge on any atom is -0.463 e. The van der Waals surface area contributed by atoms with Crippen LogP contribution in [0.15, 0.2) is 77.4 Å². The Bertz CT molecular complexity index is 1220. The van der Waals surface area contributed by atoms with Crippen LogP contribution in [-0.2, 0) is 0 Å². The zero-order chi connectivity index (χ0) is 21.1. The number of para-hydroxylation sites is 1. The number of nitrogens with one attached hydrogen (secondary N) is 2. The highest BCUT2D eigenvalue weighted by molar-refractivity contribution is 6.08. The van der Waals surface area contributed by atoms with E-state index in [0.717, 1.165) is 5.69 Å². The van der Waals surface area contributed by atoms with Crippen LogP contribution in [0.2, 0.25) is 0 Å². The first-order chi connectivity index (χ1) is 14.5. The van der Waals surface area contributed by atoms with Crippen molar-refractivity contribution in [3.8, 4) is 11.5 Å². The van der Waals surface area contributed by atoms with Crippen LogP contribution >= 0.6 is 0 Å². The van der Waals surface area contributed by atoms with E-state index in [2.05, 4.69) is 15.8 Å². The molecule has 0 aliphatic carbocycles. The minimum atomic E-state index is -0.446. The Morgan fingerprint density at radius 2 is 1.70 bits per heavy atom. The predicted octanol–water partition coefficient (Wildman–Crippen LogP) is 3.64. The Labute approximate surface area is 173 Å². The molecule has 4 aromatic rings. The van der Waals surface area contributed by atoms with E-state index in [0.29, 0.717) is 33.5 Å². The van der Waals surface area contributed by atoms with Gasteiger partial charge >= 0.3 is 0 Å². The van der Waals surface area contributed by atoms with Gasteiger partial charge in [0.1, 0.15) is 5.69 Å². The predicted molar refractivity (Wildman–Crippen MR) is 115 cm³/mol. The molecule has 0 saturated carbocycles. The maximum Gasteiger partial charge on any atom is 0.270 e. The molecule has 0 atom stereocenters. The van der Waals surface area contributed by atoms with Gasteiger partial charge < -0.3 is 9.32 Å². The quantitative estimate of drug-likeness (QED) is 0.511. The van der Waals surface area contributed by atoms with Crippen molar-refractivity contribution >= 4 is 28.4 Å². The van der Waals surface area contributed by atoms with Crippen molar-refractivity contribution in [2.75, 3.05) is 19.0 Å². The summed E-state index contributed by atoms with van der Waals surface area (Å²) in [7, 11) is 3.79. The van der Waals surface area contributed by atoms with Crippen LogP contribution in [-0.4, -0.2) is 30.9 Å². The summed E-state index contributed by atoms with van der Waals surface area (Å²) >= 11 is 0. The molecule has 7 heteroatoms. The van der Waals surface area contributed by atoms with Gasteiger partial charge in [0.25, 0.3) is 11.8 Å². The molecule has 4 rings (SSSR count). The van der Waals surface area contributed by atoms with Gasteiger partial charge in [0.15, 0.2) is 5.76 Å². The molecular formula is C23H20N4O3. The smallest absolute Gasteiger partial charge is 0.270 e. The molecule has 0 aliphatic heterocycles. The zero-order valence-corrected chi connectivity index (χ0v) is 16.5. The standard InChI is InChI=1S/C23H20N4O3/c1-27(2)16-8-5-7-15(13-16)22(28)25-26-23(29)18-14-20(21-11-6-12-30-21)24-19-10-4-3-9-17(18)19/h3-14H,1-2H3,(H,25,28)(H,26,29). The molecule has 0 spiro atoms. The molecule has 0 fully saturated rings. The van der Waals surface area contributed by atoms with Crippen LogP contribution < -0.4 is 15.8 Å². The van der Waals surface area contributed by atoms with Gasteiger partial charge in [-0.05, 0) is 42.5 Å². The Morgan fingerprint density at radius 1 is 0.900 bits per heavy atom. The van der Waals surface area contributed by atoms with Gasteiger partial charge in [-0.15, -0.1) is 0 Å². The molecule has 0 radical (unpaired) electrons. The van der Waals surface area contributed by atoms with Crippen molar-refractivity contribution in [1.29, 1.82) is 0 Å². The summed E-state index contributed by atoms with van der Waals surface area (Å²) in [4.78, 5) is 31.9. The number of hydrogen-bond acceptors (Lipinski definition) is 5. The number of hydrazine groups is 1. The number of fused-ring (bicyclic) bond motifs is 1. The molecule has 0 bridgehead atoms. The number of anilines is 1. The first-order valence-corrected chi connectivity index (χ1v) is 9.34. The lowest BCUT2D eigenvalue weighted by atomic mass is 10.1. The van der Waals surface area contributed by atoms with Crippen molar-refractivity contribution in [3.05, 3.63) is 84.1 Å². The summed E-state index contributed by atoms with van der Waals surface area (Å²) < 4.78 is 5.42. The molecule has 2 N–H and O–H groups in total. The lowest BCUT2D eigenvalue weighted by Crippen LogP contribution is -2.41. The van der Waals surface area contributed by atoms with Crippen LogP contribution in [0.4, 0.5) is 5.69 Å². The van der Waals surface area contributed by atoms with E-state index in [9.17, 15) is 9.59 Å². The molecule has 30 heavy (non-hydrogen) atoms. The second kappa shape index (κ2) is 8.08. The third-order valence-electron chi connectivity index (χ3n) is 4.65. The molecule has 2 amide bonds. The summed E-state index contributed by atoms with van der Waals surface area (Å²) in [5, 5.41) is 0.675. The highest BCUT2D eigenvalue weighted by Crippen LogP contribution is 2.25. The highest BCUT2D eigenvalue weighted by atomic mass is 16.3. The number of pyridine rings is 1. The normalized spacial score (nSPS) is 10.6. The molecule has 0 saturated heterocycles. The number of rotatable bonds is 4. The molecule has 2 aromatic carbocycles. The molecule has 2 aromatic heterocycles. The molecule has 150 valence electrons. The summed E-state index contributed by atoms with van der Waals surface area (Å²) in [6, 6.07) is 19.6. The van der Waals surface area contributed by atoms with Crippen LogP contribution in [0.1, 0.15) is 20.7 Å². The number of amides is 2. The lowest BCUT2D eigenvalue weighted by Gasteiger charge is -2.14. The third kappa shape index (κ3) is 3.86. The van der Waals surface area contributed by atoms with Gasteiger partial charge in [-0.3, -0.25) is 20.4 Å². The number of nitrogens with zero attached hydrogens (tertiary/aromatic N) is 2. The maximum absolute atomic E-state index is 12.9. The van der Waals surface area contributed by atoms with Crippen molar-refractivity contribution in [3.63, 3.8) is 0 Å². The summed E-state index contributed by atoms with van der Waals surface area (Å²) in [6.07, 6.45) is 1.55. The molecule has 0 unspecified atom stereocenters. The average molecular weight is 400 g/mol. The van der Waals surface area contributed by atoms with Gasteiger partial charge in [0, 0.05) is 30.7 Å². The fourth-order valence-electron chi connectivity index (χ4n) is 3.09. The average Bonchev–Trinajstić information content (AvgIpc) is 3.31. The molecule has 7 nitrogen and oxygen atoms in total. The Balaban J connectivity index is 1.59. The fraction of sp³-hybridized carbons (Fsp3) is 0.0870. The van der Waals surface area contributed by atoms with Gasteiger partial charge in [-0.1, -0.05) is 24.3 Å². The number of carbonyl (C=O) groups is 2. The van der Waals surface area contributed by atoms with Crippen LogP contribution in [0.25, 0.3) is 22.4 Å². The first-order valence-electron chi connectivity index (χ1n) is 9.34. The molecule has 2 heterocycles. The van der Waals surface area contributed by atoms with E-state index < -0.39 is 11.8 Å². The lowest BCUT2D eigenvalue weighted by molar-refractivity contribution is 0.0847. The number of hydrogen-bond donors (Lipinski definition) is 2. The van der Waals surface area contributed by atoms with Crippen molar-refractivity contribution < 1.29 is 14.0 Å². The van der Waals surface area contributed by atoms with Gasteiger partial charge in [-0.2, -0.15) is 0 Å². The summed E-state index contributed by atoms with van der Waals surface area (Å²) in [6.45, 7) is 0. The van der Waals surface area contributed by atoms with Crippen LogP contribution in [0.5, 0.6) is 0 Å². The minimum absolute atomic E-state index is 0.384. The monoisotopic (exact) mass is 400 g/mol. The zero-order valence-electron chi connectivity index (χ0n) is 16.5. The van der Waals surface area contributed by atoms with Gasteiger partial charge in [-0.25, -0.2) is 4.98 Å². The number of carbonyl (C=O) groups excluding carboxylic acids is 2. The fourth-order valence-corrected chi connectivity index (χ4v) is 3.09. The second-order valence-corrected chi connectivity index (χ2v) is 6.90. The Kier molecular flexibility index (Phi) is 5.17. The topological polar surface area (TPSA) is 87.5 Å². The van der Waals surface area contributed by atoms with E-state index >= 15 is 0 Å². The Hall–Kier alpha value is -4.13. The van der Waals surface area contributed by atoms with E-state index in [1.807, 2.05) is 49.3 Å². The van der Waals surface area contributed by atoms with E-state index in [1.54, 1.807) is 42.7 Å². The first kappa shape index (κ1) is 19.2. The summed E-state index contributed by atoms with van der Waals surface area (Å²) in [5.41, 5.74) is 7.88. The molecular weight excluding hydrogens is 380 g/mol. The second-order valence-electron chi connectivity index (χ2n) is 6.90. The third-order valence-corrected chi connectivity index (χ3v) is 4.65. The number of aromatic nitrogens is 1. The van der Waals surface area contributed by atoms with Gasteiger partial charge in [0.2, 0.25) is 0 Å². The Morgan fingerprint density at radius 3 is 2.47 bits per heavy atom. The SMILES string of the molecule is CN(C)c1cccc(C(=O)NNC(=O)c2cc(-c3ccco3)nc3ccccc23)c1. The van der Waals surface area contributed by atoms with E-state index in [-0.39, 0.29) is 0 Å². The maximum atomic E-state index is 12.9. The summed E-state index contributed by atoms with van der Waals surface area (Å²) in [5.74, 6) is -0.297. The van der Waals surface area contributed by atoms with Crippen LogP contribution in [0, 0.1) is 0 Å². The van der Waals surface area contributed by atoms with E-state index in [1.165, 1.54) is 0 Å². The van der Waals surface area contributed by atoms with E-state index in [4.69, 9.17) is 4.42 Å². The van der Waals surface area contributed by atoms with Gasteiger partial charge in [0.05, 0.1) is 17.3 Å². The molecule has 0 aliphatic rings. The van der Waals surface area contributed by atoms with Crippen molar-refractivity contribution in [2.24, 2.45) is 0 Å². The van der Waals surface area contributed by atoms with Crippen LogP contribution in [0.3, 0.4) is 0 Å².